The van der Waals surface area contributed by atoms with E-state index >= 15 is 0 Å². The van der Waals surface area contributed by atoms with Crippen LogP contribution in [0.5, 0.6) is 5.75 Å². The molecule has 3 fully saturated rings. The largest absolute Gasteiger partial charge is 0.494 e. The lowest BCUT2D eigenvalue weighted by molar-refractivity contribution is -0.137. The van der Waals surface area contributed by atoms with Crippen LogP contribution >= 0.6 is 11.8 Å². The second-order valence-corrected chi connectivity index (χ2v) is 11.0. The lowest BCUT2D eigenvalue weighted by Gasteiger charge is -2.33. The predicted octanol–water partition coefficient (Wildman–Crippen LogP) is 3.89. The maximum Gasteiger partial charge on any atom is 0.259 e. The van der Waals surface area contributed by atoms with Crippen LogP contribution in [0.3, 0.4) is 0 Å². The molecule has 1 spiro atoms. The van der Waals surface area contributed by atoms with Crippen molar-refractivity contribution >= 4 is 40.2 Å². The number of anilines is 1. The van der Waals surface area contributed by atoms with E-state index in [1.807, 2.05) is 36.1 Å². The Kier molecular flexibility index (Phi) is 7.17. The summed E-state index contributed by atoms with van der Waals surface area (Å²) in [5.74, 6) is 7.35. The third-order valence-electron chi connectivity index (χ3n) is 7.25. The van der Waals surface area contributed by atoms with Gasteiger partial charge in [-0.3, -0.25) is 19.6 Å². The smallest absolute Gasteiger partial charge is 0.259 e. The number of hydrogen-bond acceptors (Lipinski definition) is 9. The Labute approximate surface area is 237 Å². The summed E-state index contributed by atoms with van der Waals surface area (Å²) in [6, 6.07) is 7.83. The van der Waals surface area contributed by atoms with Crippen molar-refractivity contribution in [3.63, 3.8) is 0 Å². The lowest BCUT2D eigenvalue weighted by Crippen LogP contribution is -2.49. The second-order valence-electron chi connectivity index (χ2n) is 10.2. The predicted molar refractivity (Wildman–Crippen MR) is 156 cm³/mol. The summed E-state index contributed by atoms with van der Waals surface area (Å²) < 4.78 is 11.5. The number of aromatic nitrogens is 1. The number of hydrogen-bond donors (Lipinski definition) is 1. The molecule has 2 saturated carbocycles. The van der Waals surface area contributed by atoms with E-state index < -0.39 is 11.8 Å². The zero-order valence-corrected chi connectivity index (χ0v) is 23.2. The molecule has 10 heteroatoms. The molecule has 1 aromatic heterocycles. The Bertz CT molecular complexity index is 1510. The quantitative estimate of drug-likeness (QED) is 0.328. The Morgan fingerprint density at radius 3 is 2.88 bits per heavy atom. The van der Waals surface area contributed by atoms with Crippen LogP contribution in [0, 0.1) is 24.7 Å². The van der Waals surface area contributed by atoms with Gasteiger partial charge in [-0.25, -0.2) is 4.99 Å². The molecule has 0 radical (unpaired) electrons. The van der Waals surface area contributed by atoms with E-state index in [-0.39, 0.29) is 5.91 Å². The second kappa shape index (κ2) is 10.9. The summed E-state index contributed by atoms with van der Waals surface area (Å²) in [4.78, 5) is 40.1. The van der Waals surface area contributed by atoms with Gasteiger partial charge in [0.05, 0.1) is 19.9 Å². The first-order chi connectivity index (χ1) is 19.5. The number of morpholine rings is 1. The van der Waals surface area contributed by atoms with Crippen molar-refractivity contribution < 1.29 is 19.1 Å². The molecule has 9 nitrogen and oxygen atoms in total. The number of allylic oxidation sites excluding steroid dienone is 1. The van der Waals surface area contributed by atoms with Crippen LogP contribution in [0.4, 0.5) is 5.69 Å². The number of nitrogens with one attached hydrogen (secondary N) is 1. The topological polar surface area (TPSA) is 105 Å². The highest BCUT2D eigenvalue weighted by atomic mass is 32.2. The van der Waals surface area contributed by atoms with Crippen molar-refractivity contribution in [2.24, 2.45) is 15.9 Å². The van der Waals surface area contributed by atoms with Gasteiger partial charge in [0.2, 0.25) is 0 Å². The molecule has 1 atom stereocenters. The molecule has 2 aliphatic carbocycles. The standard InChI is InChI=1S/C30H29N5O4S/c1-19-13-25(26(38-2)17-31-19)24-14-23(35-11-12-39-30(9-10-30)29(35)37)8-6-21(24)15-32-27-28(40-18-36)34-22(16-33-27)7-5-20-3-4-20/h6,8,13-18,20,27,33H,3-4,9-12H2,1-2H3/b32-15+. The Balaban J connectivity index is 1.35. The van der Waals surface area contributed by atoms with Gasteiger partial charge in [0, 0.05) is 47.4 Å². The summed E-state index contributed by atoms with van der Waals surface area (Å²) in [7, 11) is 1.61. The molecule has 1 saturated heterocycles. The van der Waals surface area contributed by atoms with Crippen molar-refractivity contribution in [1.29, 1.82) is 0 Å². The number of amides is 1. The number of benzene rings is 1. The number of ether oxygens (including phenoxy) is 2. The molecular formula is C30H29N5O4S. The number of aliphatic imine (C=N–C) groups is 2. The van der Waals surface area contributed by atoms with Gasteiger partial charge in [0.15, 0.2) is 11.8 Å². The first kappa shape index (κ1) is 26.3. The number of pyridine rings is 1. The van der Waals surface area contributed by atoms with Crippen LogP contribution in [-0.2, 0) is 14.3 Å². The Morgan fingerprint density at radius 2 is 2.12 bits per heavy atom. The Hall–Kier alpha value is -3.94. The summed E-state index contributed by atoms with van der Waals surface area (Å²) in [5.41, 5.74) is 4.80. The highest BCUT2D eigenvalue weighted by molar-refractivity contribution is 8.25. The molecule has 1 unspecified atom stereocenters. The van der Waals surface area contributed by atoms with Gasteiger partial charge < -0.3 is 19.7 Å². The van der Waals surface area contributed by atoms with Gasteiger partial charge in [-0.15, -0.1) is 0 Å². The van der Waals surface area contributed by atoms with E-state index in [0.717, 1.165) is 71.1 Å². The molecule has 40 heavy (non-hydrogen) atoms. The van der Waals surface area contributed by atoms with Crippen LogP contribution in [-0.4, -0.2) is 59.8 Å². The molecule has 2 aliphatic heterocycles. The van der Waals surface area contributed by atoms with Gasteiger partial charge in [0.25, 0.3) is 5.91 Å². The molecule has 0 bridgehead atoms. The molecule has 2 aromatic rings. The zero-order chi connectivity index (χ0) is 27.7. The maximum atomic E-state index is 13.2. The molecule has 204 valence electrons. The van der Waals surface area contributed by atoms with Crippen molar-refractivity contribution in [3.8, 4) is 28.7 Å². The summed E-state index contributed by atoms with van der Waals surface area (Å²) in [5, 5.41) is 3.75. The van der Waals surface area contributed by atoms with Gasteiger partial charge in [-0.1, -0.05) is 12.0 Å². The molecule has 3 heterocycles. The minimum atomic E-state index is -0.655. The Morgan fingerprint density at radius 1 is 1.27 bits per heavy atom. The number of thioether (sulfide) groups is 1. The van der Waals surface area contributed by atoms with Gasteiger partial charge in [0.1, 0.15) is 22.1 Å². The lowest BCUT2D eigenvalue weighted by atomic mass is 9.98. The summed E-state index contributed by atoms with van der Waals surface area (Å²) in [6.45, 7) is 2.92. The van der Waals surface area contributed by atoms with E-state index in [0.29, 0.717) is 35.6 Å². The third kappa shape index (κ3) is 5.40. The van der Waals surface area contributed by atoms with Gasteiger partial charge in [-0.2, -0.15) is 0 Å². The normalized spacial score (nSPS) is 21.3. The highest BCUT2D eigenvalue weighted by Gasteiger charge is 2.55. The third-order valence-corrected chi connectivity index (χ3v) is 7.90. The highest BCUT2D eigenvalue weighted by Crippen LogP contribution is 2.44. The van der Waals surface area contributed by atoms with Crippen molar-refractivity contribution in [2.45, 2.75) is 44.4 Å². The van der Waals surface area contributed by atoms with E-state index in [4.69, 9.17) is 14.5 Å². The minimum Gasteiger partial charge on any atom is -0.494 e. The van der Waals surface area contributed by atoms with E-state index in [2.05, 4.69) is 27.1 Å². The first-order valence-electron chi connectivity index (χ1n) is 13.3. The molecule has 6 rings (SSSR count). The van der Waals surface area contributed by atoms with E-state index in [1.54, 1.807) is 25.7 Å². The fourth-order valence-corrected chi connectivity index (χ4v) is 5.26. The van der Waals surface area contributed by atoms with Crippen molar-refractivity contribution in [3.05, 3.63) is 53.6 Å². The van der Waals surface area contributed by atoms with Gasteiger partial charge in [-0.05, 0) is 74.1 Å². The van der Waals surface area contributed by atoms with Crippen LogP contribution in [0.1, 0.15) is 36.9 Å². The van der Waals surface area contributed by atoms with Crippen LogP contribution in [0.25, 0.3) is 11.1 Å². The van der Waals surface area contributed by atoms with Crippen molar-refractivity contribution in [1.82, 2.24) is 10.3 Å². The summed E-state index contributed by atoms with van der Waals surface area (Å²) >= 11 is 0.985. The maximum absolute atomic E-state index is 13.2. The zero-order valence-electron chi connectivity index (χ0n) is 22.3. The molecule has 4 aliphatic rings. The number of carbonyl (C=O) groups excluding carboxylic acids is 2. The summed E-state index contributed by atoms with van der Waals surface area (Å²) in [6.07, 6.45) is 8.43. The average Bonchev–Trinajstić information content (AvgIpc) is 3.90. The van der Waals surface area contributed by atoms with Crippen LogP contribution in [0.15, 0.2) is 52.3 Å². The molecular weight excluding hydrogens is 526 g/mol. The molecule has 1 N–H and O–H groups in total. The van der Waals surface area contributed by atoms with Crippen LogP contribution < -0.4 is 15.0 Å². The minimum absolute atomic E-state index is 0.00881. The number of aryl methyl sites for hydroxylation is 1. The SMILES string of the molecule is COc1cnc(C)cc1-c1cc(N2CCOC3(CC3)C2=O)ccc1/C=N/C1NC=C(C#CC2CC2)N=C1SC=O. The van der Waals surface area contributed by atoms with Crippen LogP contribution in [0.2, 0.25) is 0 Å². The van der Waals surface area contributed by atoms with E-state index in [1.165, 1.54) is 0 Å². The molecule has 1 aromatic carbocycles. The number of rotatable bonds is 6. The van der Waals surface area contributed by atoms with Crippen molar-refractivity contribution in [2.75, 3.05) is 25.2 Å². The number of methoxy groups -OCH3 is 1. The number of nitrogens with zero attached hydrogens (tertiary/aromatic N) is 4. The van der Waals surface area contributed by atoms with Gasteiger partial charge >= 0.3 is 0 Å². The first-order valence-corrected chi connectivity index (χ1v) is 14.2. The number of carbonyl (C=O) groups is 2. The monoisotopic (exact) mass is 555 g/mol. The average molecular weight is 556 g/mol. The fourth-order valence-electron chi connectivity index (χ4n) is 4.75. The molecule has 1 amide bonds. The van der Waals surface area contributed by atoms with E-state index in [9.17, 15) is 9.59 Å². The fraction of sp³-hybridized carbons (Fsp3) is 0.367.